The van der Waals surface area contributed by atoms with Crippen molar-refractivity contribution in [1.29, 1.82) is 0 Å². The van der Waals surface area contributed by atoms with E-state index in [9.17, 15) is 9.59 Å². The van der Waals surface area contributed by atoms with Crippen molar-refractivity contribution >= 4 is 11.8 Å². The van der Waals surface area contributed by atoms with Crippen LogP contribution in [-0.2, 0) is 9.59 Å². The van der Waals surface area contributed by atoms with Crippen LogP contribution in [0.4, 0.5) is 0 Å². The number of amides is 2. The van der Waals surface area contributed by atoms with Gasteiger partial charge in [0.15, 0.2) is 0 Å². The number of carbonyl (C=O) groups is 2. The summed E-state index contributed by atoms with van der Waals surface area (Å²) in [5.41, 5.74) is -0.733. The maximum atomic E-state index is 12.3. The maximum absolute atomic E-state index is 12.3. The highest BCUT2D eigenvalue weighted by molar-refractivity contribution is 6.07. The second-order valence-corrected chi connectivity index (χ2v) is 5.50. The number of rotatable bonds is 7. The first-order valence-corrected chi connectivity index (χ1v) is 7.05. The quantitative estimate of drug-likeness (QED) is 0.704. The standard InChI is InChI=1S/C14H26N2O2/c1-5-16(6-2)13(18)14(8-9-14)12(17)15-10-7-11(3)4/h11H,5-10H2,1-4H3,(H,15,17). The van der Waals surface area contributed by atoms with Crippen LogP contribution < -0.4 is 5.32 Å². The monoisotopic (exact) mass is 254 g/mol. The number of nitrogens with one attached hydrogen (secondary N) is 1. The summed E-state index contributed by atoms with van der Waals surface area (Å²) in [7, 11) is 0. The van der Waals surface area contributed by atoms with Crippen molar-refractivity contribution in [3.8, 4) is 0 Å². The molecule has 0 bridgehead atoms. The molecular weight excluding hydrogens is 228 g/mol. The fourth-order valence-corrected chi connectivity index (χ4v) is 2.12. The highest BCUT2D eigenvalue weighted by Gasteiger charge is 2.57. The fraction of sp³-hybridized carbons (Fsp3) is 0.857. The van der Waals surface area contributed by atoms with Crippen molar-refractivity contribution in [1.82, 2.24) is 10.2 Å². The summed E-state index contributed by atoms with van der Waals surface area (Å²) in [5.74, 6) is 0.508. The van der Waals surface area contributed by atoms with E-state index in [0.717, 1.165) is 6.42 Å². The maximum Gasteiger partial charge on any atom is 0.238 e. The van der Waals surface area contributed by atoms with Gasteiger partial charge in [-0.25, -0.2) is 0 Å². The molecule has 0 aromatic rings. The lowest BCUT2D eigenvalue weighted by atomic mass is 10.0. The first-order chi connectivity index (χ1) is 8.47. The minimum absolute atomic E-state index is 0.00884. The zero-order chi connectivity index (χ0) is 13.8. The van der Waals surface area contributed by atoms with Crippen LogP contribution in [0.3, 0.4) is 0 Å². The third-order valence-electron chi connectivity index (χ3n) is 3.65. The van der Waals surface area contributed by atoms with Gasteiger partial charge in [0.05, 0.1) is 0 Å². The van der Waals surface area contributed by atoms with Gasteiger partial charge in [0.25, 0.3) is 0 Å². The summed E-state index contributed by atoms with van der Waals surface area (Å²) in [4.78, 5) is 26.2. The van der Waals surface area contributed by atoms with E-state index in [2.05, 4.69) is 19.2 Å². The summed E-state index contributed by atoms with van der Waals surface area (Å²) < 4.78 is 0. The predicted octanol–water partition coefficient (Wildman–Crippen LogP) is 1.80. The average molecular weight is 254 g/mol. The third-order valence-corrected chi connectivity index (χ3v) is 3.65. The van der Waals surface area contributed by atoms with Gasteiger partial charge in [0.1, 0.15) is 5.41 Å². The Morgan fingerprint density at radius 1 is 1.22 bits per heavy atom. The lowest BCUT2D eigenvalue weighted by Gasteiger charge is -2.24. The van der Waals surface area contributed by atoms with E-state index in [1.807, 2.05) is 13.8 Å². The fourth-order valence-electron chi connectivity index (χ4n) is 2.12. The van der Waals surface area contributed by atoms with E-state index in [4.69, 9.17) is 0 Å². The van der Waals surface area contributed by atoms with Crippen LogP contribution in [0.25, 0.3) is 0 Å². The van der Waals surface area contributed by atoms with Crippen molar-refractivity contribution in [2.45, 2.75) is 47.0 Å². The molecule has 4 nitrogen and oxygen atoms in total. The molecule has 104 valence electrons. The molecule has 2 amide bonds. The lowest BCUT2D eigenvalue weighted by molar-refractivity contribution is -0.143. The Labute approximate surface area is 110 Å². The highest BCUT2D eigenvalue weighted by Crippen LogP contribution is 2.47. The van der Waals surface area contributed by atoms with Crippen molar-refractivity contribution < 1.29 is 9.59 Å². The van der Waals surface area contributed by atoms with Crippen molar-refractivity contribution in [3.63, 3.8) is 0 Å². The lowest BCUT2D eigenvalue weighted by Crippen LogP contribution is -2.45. The summed E-state index contributed by atoms with van der Waals surface area (Å²) >= 11 is 0. The smallest absolute Gasteiger partial charge is 0.238 e. The molecule has 1 rings (SSSR count). The normalized spacial score (nSPS) is 16.5. The molecule has 18 heavy (non-hydrogen) atoms. The van der Waals surface area contributed by atoms with Gasteiger partial charge in [0.2, 0.25) is 11.8 Å². The Morgan fingerprint density at radius 2 is 1.78 bits per heavy atom. The van der Waals surface area contributed by atoms with Crippen LogP contribution in [0.5, 0.6) is 0 Å². The van der Waals surface area contributed by atoms with Gasteiger partial charge in [0, 0.05) is 19.6 Å². The van der Waals surface area contributed by atoms with Crippen LogP contribution in [0.2, 0.25) is 0 Å². The second-order valence-electron chi connectivity index (χ2n) is 5.50. The molecule has 4 heteroatoms. The SMILES string of the molecule is CCN(CC)C(=O)C1(C(=O)NCCC(C)C)CC1. The number of hydrogen-bond acceptors (Lipinski definition) is 2. The third kappa shape index (κ3) is 3.24. The highest BCUT2D eigenvalue weighted by atomic mass is 16.2. The predicted molar refractivity (Wildman–Crippen MR) is 72.1 cm³/mol. The van der Waals surface area contributed by atoms with E-state index in [-0.39, 0.29) is 11.8 Å². The number of hydrogen-bond donors (Lipinski definition) is 1. The topological polar surface area (TPSA) is 49.4 Å². The van der Waals surface area contributed by atoms with Gasteiger partial charge >= 0.3 is 0 Å². The number of carbonyl (C=O) groups excluding carboxylic acids is 2. The molecule has 0 unspecified atom stereocenters. The van der Waals surface area contributed by atoms with E-state index in [1.165, 1.54) is 0 Å². The molecule has 1 aliphatic carbocycles. The van der Waals surface area contributed by atoms with Crippen LogP contribution in [0, 0.1) is 11.3 Å². The Morgan fingerprint density at radius 3 is 2.17 bits per heavy atom. The van der Waals surface area contributed by atoms with Crippen molar-refractivity contribution in [2.24, 2.45) is 11.3 Å². The molecule has 0 aromatic carbocycles. The van der Waals surface area contributed by atoms with E-state index < -0.39 is 5.41 Å². The van der Waals surface area contributed by atoms with Crippen molar-refractivity contribution in [2.75, 3.05) is 19.6 Å². The van der Waals surface area contributed by atoms with Crippen molar-refractivity contribution in [3.05, 3.63) is 0 Å². The second kappa shape index (κ2) is 6.21. The first-order valence-electron chi connectivity index (χ1n) is 7.05. The molecule has 1 saturated carbocycles. The van der Waals surface area contributed by atoms with Crippen LogP contribution >= 0.6 is 0 Å². The zero-order valence-corrected chi connectivity index (χ0v) is 12.1. The van der Waals surface area contributed by atoms with Gasteiger partial charge in [-0.15, -0.1) is 0 Å². The van der Waals surface area contributed by atoms with Crippen LogP contribution in [0.15, 0.2) is 0 Å². The molecule has 1 fully saturated rings. The van der Waals surface area contributed by atoms with Crippen LogP contribution in [-0.4, -0.2) is 36.3 Å². The summed E-state index contributed by atoms with van der Waals surface area (Å²) in [6.07, 6.45) is 2.37. The van der Waals surface area contributed by atoms with E-state index in [0.29, 0.717) is 38.4 Å². The molecule has 0 spiro atoms. The van der Waals surface area contributed by atoms with Gasteiger partial charge in [-0.2, -0.15) is 0 Å². The molecule has 0 saturated heterocycles. The molecule has 0 aromatic heterocycles. The number of nitrogens with zero attached hydrogens (tertiary/aromatic N) is 1. The summed E-state index contributed by atoms with van der Waals surface area (Å²) in [6.45, 7) is 10.2. The van der Waals surface area contributed by atoms with Gasteiger partial charge in [-0.1, -0.05) is 13.8 Å². The Bertz CT molecular complexity index is 305. The summed E-state index contributed by atoms with van der Waals surface area (Å²) in [6, 6.07) is 0. The molecule has 0 aliphatic heterocycles. The molecule has 1 aliphatic rings. The molecule has 0 radical (unpaired) electrons. The van der Waals surface area contributed by atoms with Gasteiger partial charge in [-0.3, -0.25) is 9.59 Å². The molecule has 1 N–H and O–H groups in total. The Hall–Kier alpha value is -1.06. The van der Waals surface area contributed by atoms with E-state index in [1.54, 1.807) is 4.90 Å². The zero-order valence-electron chi connectivity index (χ0n) is 12.1. The average Bonchev–Trinajstić information content (AvgIpc) is 3.11. The van der Waals surface area contributed by atoms with Gasteiger partial charge < -0.3 is 10.2 Å². The molecular formula is C14H26N2O2. The summed E-state index contributed by atoms with van der Waals surface area (Å²) in [5, 5.41) is 2.91. The first kappa shape index (κ1) is 15.0. The minimum atomic E-state index is -0.733. The molecule has 0 atom stereocenters. The minimum Gasteiger partial charge on any atom is -0.355 e. The van der Waals surface area contributed by atoms with E-state index >= 15 is 0 Å². The largest absolute Gasteiger partial charge is 0.355 e. The Balaban J connectivity index is 2.53. The van der Waals surface area contributed by atoms with Crippen LogP contribution in [0.1, 0.15) is 47.0 Å². The molecule has 0 heterocycles. The van der Waals surface area contributed by atoms with Gasteiger partial charge in [-0.05, 0) is 39.0 Å². The Kier molecular flexibility index (Phi) is 5.17.